The fourth-order valence-corrected chi connectivity index (χ4v) is 3.73. The van der Waals surface area contributed by atoms with Crippen LogP contribution < -0.4 is 9.80 Å². The van der Waals surface area contributed by atoms with E-state index < -0.39 is 0 Å². The van der Waals surface area contributed by atoms with Gasteiger partial charge in [-0.05, 0) is 53.9 Å². The molecular weight excluding hydrogens is 396 g/mol. The molecule has 5 heteroatoms. The lowest BCUT2D eigenvalue weighted by atomic mass is 10.0. The van der Waals surface area contributed by atoms with Gasteiger partial charge in [-0.2, -0.15) is 0 Å². The van der Waals surface area contributed by atoms with Crippen LogP contribution in [0.15, 0.2) is 84.6 Å². The molecule has 0 aromatic heterocycles. The van der Waals surface area contributed by atoms with Gasteiger partial charge in [-0.1, -0.05) is 61.0 Å². The molecule has 0 bridgehead atoms. The Bertz CT molecular complexity index is 1120. The van der Waals surface area contributed by atoms with E-state index in [1.54, 1.807) is 36.2 Å². The maximum absolute atomic E-state index is 13.5. The Hall–Kier alpha value is -3.37. The molecule has 150 valence electrons. The second-order valence-electron chi connectivity index (χ2n) is 7.09. The molecule has 0 radical (unpaired) electrons. The van der Waals surface area contributed by atoms with Crippen molar-refractivity contribution in [3.8, 4) is 0 Å². The Labute approximate surface area is 181 Å². The van der Waals surface area contributed by atoms with Crippen molar-refractivity contribution in [1.29, 1.82) is 0 Å². The van der Waals surface area contributed by atoms with Crippen LogP contribution in [-0.2, 0) is 16.0 Å². The minimum atomic E-state index is -0.347. The summed E-state index contributed by atoms with van der Waals surface area (Å²) in [5.41, 5.74) is 3.89. The molecule has 30 heavy (non-hydrogen) atoms. The number of amides is 2. The number of anilines is 2. The van der Waals surface area contributed by atoms with Gasteiger partial charge in [0.15, 0.2) is 0 Å². The number of imide groups is 1. The highest BCUT2D eigenvalue weighted by atomic mass is 35.5. The molecule has 0 aliphatic carbocycles. The van der Waals surface area contributed by atoms with Crippen LogP contribution in [0.4, 0.5) is 11.4 Å². The van der Waals surface area contributed by atoms with Crippen molar-refractivity contribution in [2.75, 3.05) is 16.8 Å². The molecule has 0 spiro atoms. The first kappa shape index (κ1) is 19.9. The van der Waals surface area contributed by atoms with E-state index in [4.69, 9.17) is 11.6 Å². The fraction of sp³-hybridized carbons (Fsp3) is 0.120. The van der Waals surface area contributed by atoms with E-state index in [0.717, 1.165) is 17.7 Å². The van der Waals surface area contributed by atoms with Crippen molar-refractivity contribution in [2.24, 2.45) is 0 Å². The number of hydrogen-bond donors (Lipinski definition) is 0. The summed E-state index contributed by atoms with van der Waals surface area (Å²) >= 11 is 6.04. The molecule has 0 saturated heterocycles. The molecule has 0 fully saturated rings. The summed E-state index contributed by atoms with van der Waals surface area (Å²) in [6.45, 7) is 2.06. The molecular formula is C25H21ClN2O2. The Morgan fingerprint density at radius 1 is 0.833 bits per heavy atom. The number of aryl methyl sites for hydroxylation is 1. The van der Waals surface area contributed by atoms with E-state index in [2.05, 4.69) is 6.92 Å². The van der Waals surface area contributed by atoms with Crippen LogP contribution in [-0.4, -0.2) is 18.9 Å². The standard InChI is InChI=1S/C25H21ClN2O2/c1-3-17-9-15-21(16-10-17)28-24(29)22(18-11-13-19(26)14-12-18)23(25(28)30)27(2)20-7-5-4-6-8-20/h4-16H,3H2,1-2H3. The number of rotatable bonds is 5. The van der Waals surface area contributed by atoms with Crippen LogP contribution in [0.1, 0.15) is 18.1 Å². The number of hydrogen-bond acceptors (Lipinski definition) is 3. The fourth-order valence-electron chi connectivity index (χ4n) is 3.60. The predicted octanol–water partition coefficient (Wildman–Crippen LogP) is 5.32. The van der Waals surface area contributed by atoms with Gasteiger partial charge in [-0.3, -0.25) is 9.59 Å². The van der Waals surface area contributed by atoms with Crippen molar-refractivity contribution in [3.05, 3.63) is 101 Å². The van der Waals surface area contributed by atoms with E-state index >= 15 is 0 Å². The van der Waals surface area contributed by atoms with Gasteiger partial charge in [0.25, 0.3) is 11.8 Å². The van der Waals surface area contributed by atoms with Gasteiger partial charge in [-0.15, -0.1) is 0 Å². The second kappa shape index (κ2) is 8.17. The highest BCUT2D eigenvalue weighted by Gasteiger charge is 2.42. The van der Waals surface area contributed by atoms with Crippen molar-refractivity contribution in [1.82, 2.24) is 0 Å². The van der Waals surface area contributed by atoms with Crippen molar-refractivity contribution >= 4 is 40.4 Å². The summed E-state index contributed by atoms with van der Waals surface area (Å²) in [5, 5.41) is 0.570. The molecule has 3 aromatic rings. The molecule has 0 saturated carbocycles. The number of carbonyl (C=O) groups is 2. The zero-order valence-electron chi connectivity index (χ0n) is 16.8. The Morgan fingerprint density at radius 2 is 1.47 bits per heavy atom. The molecule has 1 heterocycles. The van der Waals surface area contributed by atoms with E-state index in [1.807, 2.05) is 54.6 Å². The average molecular weight is 417 g/mol. The van der Waals surface area contributed by atoms with Gasteiger partial charge >= 0.3 is 0 Å². The van der Waals surface area contributed by atoms with Crippen molar-refractivity contribution in [2.45, 2.75) is 13.3 Å². The summed E-state index contributed by atoms with van der Waals surface area (Å²) in [4.78, 5) is 30.0. The Balaban J connectivity index is 1.84. The largest absolute Gasteiger partial charge is 0.339 e. The first-order valence-electron chi connectivity index (χ1n) is 9.78. The van der Waals surface area contributed by atoms with Gasteiger partial charge in [0.05, 0.1) is 11.3 Å². The highest BCUT2D eigenvalue weighted by molar-refractivity contribution is 6.46. The van der Waals surface area contributed by atoms with Gasteiger partial charge in [0, 0.05) is 17.8 Å². The molecule has 4 nitrogen and oxygen atoms in total. The summed E-state index contributed by atoms with van der Waals surface area (Å²) in [5.74, 6) is -0.690. The van der Waals surface area contributed by atoms with E-state index in [-0.39, 0.29) is 11.8 Å². The number of benzene rings is 3. The Kier molecular flexibility index (Phi) is 5.42. The van der Waals surface area contributed by atoms with Crippen LogP contribution in [0.25, 0.3) is 5.57 Å². The molecule has 0 N–H and O–H groups in total. The molecule has 0 unspecified atom stereocenters. The van der Waals surface area contributed by atoms with Crippen LogP contribution in [0, 0.1) is 0 Å². The monoisotopic (exact) mass is 416 g/mol. The number of para-hydroxylation sites is 1. The summed E-state index contributed by atoms with van der Waals surface area (Å²) in [6, 6.07) is 24.0. The topological polar surface area (TPSA) is 40.6 Å². The van der Waals surface area contributed by atoms with Crippen LogP contribution in [0.3, 0.4) is 0 Å². The maximum atomic E-state index is 13.5. The molecule has 3 aromatic carbocycles. The van der Waals surface area contributed by atoms with E-state index in [9.17, 15) is 9.59 Å². The summed E-state index contributed by atoms with van der Waals surface area (Å²) in [7, 11) is 1.80. The summed E-state index contributed by atoms with van der Waals surface area (Å²) < 4.78 is 0. The number of carbonyl (C=O) groups excluding carboxylic acids is 2. The van der Waals surface area contributed by atoms with Gasteiger partial charge in [-0.25, -0.2) is 4.90 Å². The number of nitrogens with zero attached hydrogens (tertiary/aromatic N) is 2. The predicted molar refractivity (Wildman–Crippen MR) is 122 cm³/mol. The first-order chi connectivity index (χ1) is 14.5. The smallest absolute Gasteiger partial charge is 0.282 e. The molecule has 0 atom stereocenters. The third kappa shape index (κ3) is 3.51. The zero-order valence-corrected chi connectivity index (χ0v) is 17.6. The van der Waals surface area contributed by atoms with Gasteiger partial charge in [0.1, 0.15) is 5.70 Å². The van der Waals surface area contributed by atoms with Gasteiger partial charge < -0.3 is 4.90 Å². The molecule has 4 rings (SSSR count). The lowest BCUT2D eigenvalue weighted by Crippen LogP contribution is -2.34. The number of halogens is 1. The lowest BCUT2D eigenvalue weighted by molar-refractivity contribution is -0.120. The van der Waals surface area contributed by atoms with Crippen LogP contribution in [0.5, 0.6) is 0 Å². The van der Waals surface area contributed by atoms with E-state index in [0.29, 0.717) is 27.5 Å². The van der Waals surface area contributed by atoms with E-state index in [1.165, 1.54) is 4.90 Å². The maximum Gasteiger partial charge on any atom is 0.282 e. The van der Waals surface area contributed by atoms with Crippen molar-refractivity contribution < 1.29 is 9.59 Å². The molecule has 1 aliphatic heterocycles. The summed E-state index contributed by atoms with van der Waals surface area (Å²) in [6.07, 6.45) is 0.887. The minimum Gasteiger partial charge on any atom is -0.339 e. The van der Waals surface area contributed by atoms with Gasteiger partial charge in [0.2, 0.25) is 0 Å². The average Bonchev–Trinajstić information content (AvgIpc) is 3.04. The SMILES string of the molecule is CCc1ccc(N2C(=O)C(c3ccc(Cl)cc3)=C(N(C)c3ccccc3)C2=O)cc1. The van der Waals surface area contributed by atoms with Crippen molar-refractivity contribution in [3.63, 3.8) is 0 Å². The molecule has 2 amide bonds. The number of likely N-dealkylation sites (N-methyl/N-ethyl adjacent to an activating group) is 1. The third-order valence-electron chi connectivity index (χ3n) is 5.27. The van der Waals surface area contributed by atoms with Crippen LogP contribution >= 0.6 is 11.6 Å². The first-order valence-corrected chi connectivity index (χ1v) is 10.2. The van der Waals surface area contributed by atoms with Crippen LogP contribution in [0.2, 0.25) is 5.02 Å². The third-order valence-corrected chi connectivity index (χ3v) is 5.53. The zero-order chi connectivity index (χ0) is 21.3. The normalized spacial score (nSPS) is 13.9. The second-order valence-corrected chi connectivity index (χ2v) is 7.53. The lowest BCUT2D eigenvalue weighted by Gasteiger charge is -2.21. The quantitative estimate of drug-likeness (QED) is 0.528. The highest BCUT2D eigenvalue weighted by Crippen LogP contribution is 2.36. The molecule has 1 aliphatic rings. The minimum absolute atomic E-state index is 0.341. The Morgan fingerprint density at radius 3 is 2.07 bits per heavy atom.